The summed E-state index contributed by atoms with van der Waals surface area (Å²) in [5, 5.41) is 0.329. The van der Waals surface area contributed by atoms with Crippen LogP contribution in [0.15, 0.2) is 23.1 Å². The fraction of sp³-hybridized carbons (Fsp3) is 0.655. The van der Waals surface area contributed by atoms with Gasteiger partial charge in [0.1, 0.15) is 11.4 Å². The van der Waals surface area contributed by atoms with Gasteiger partial charge in [0, 0.05) is 56.4 Å². The molecule has 0 N–H and O–H groups in total. The molecular formula is C29H39FN4O2. The lowest BCUT2D eigenvalue weighted by Crippen LogP contribution is -2.46. The summed E-state index contributed by atoms with van der Waals surface area (Å²) in [6, 6.07) is 3.68. The Morgan fingerprint density at radius 1 is 1.06 bits per heavy atom. The largest absolute Gasteiger partial charge is 0.367 e. The van der Waals surface area contributed by atoms with Crippen molar-refractivity contribution in [1.29, 1.82) is 0 Å². The number of rotatable bonds is 4. The molecule has 7 heteroatoms. The van der Waals surface area contributed by atoms with E-state index in [9.17, 15) is 9.59 Å². The minimum atomic E-state index is -0.372. The highest BCUT2D eigenvalue weighted by atomic mass is 19.1. The van der Waals surface area contributed by atoms with Gasteiger partial charge in [0.25, 0.3) is 5.91 Å². The first-order valence-corrected chi connectivity index (χ1v) is 13.7. The predicted molar refractivity (Wildman–Crippen MR) is 141 cm³/mol. The Bertz CT molecular complexity index is 1270. The third-order valence-corrected chi connectivity index (χ3v) is 9.11. The molecule has 3 heterocycles. The third kappa shape index (κ3) is 4.04. The van der Waals surface area contributed by atoms with Crippen LogP contribution in [0.4, 0.5) is 10.1 Å². The summed E-state index contributed by atoms with van der Waals surface area (Å²) in [7, 11) is 0. The van der Waals surface area contributed by atoms with Gasteiger partial charge in [-0.2, -0.15) is 0 Å². The van der Waals surface area contributed by atoms with Gasteiger partial charge in [-0.3, -0.25) is 9.59 Å². The summed E-state index contributed by atoms with van der Waals surface area (Å²) >= 11 is 0. The average molecular weight is 495 g/mol. The maximum atomic E-state index is 15.5. The Labute approximate surface area is 213 Å². The van der Waals surface area contributed by atoms with Gasteiger partial charge in [-0.1, -0.05) is 27.7 Å². The van der Waals surface area contributed by atoms with Crippen molar-refractivity contribution in [2.45, 2.75) is 71.9 Å². The van der Waals surface area contributed by atoms with Crippen LogP contribution in [0, 0.1) is 16.6 Å². The number of carbonyl (C=O) groups is 1. The van der Waals surface area contributed by atoms with E-state index in [0.717, 1.165) is 70.3 Å². The predicted octanol–water partition coefficient (Wildman–Crippen LogP) is 4.66. The molecule has 36 heavy (non-hydrogen) atoms. The zero-order valence-corrected chi connectivity index (χ0v) is 22.1. The van der Waals surface area contributed by atoms with Crippen LogP contribution in [0.25, 0.3) is 10.9 Å². The highest BCUT2D eigenvalue weighted by Crippen LogP contribution is 2.52. The second-order valence-corrected chi connectivity index (χ2v) is 12.9. The maximum absolute atomic E-state index is 15.5. The summed E-state index contributed by atoms with van der Waals surface area (Å²) in [6.07, 6.45) is 6.87. The van der Waals surface area contributed by atoms with Gasteiger partial charge in [-0.15, -0.1) is 0 Å². The lowest BCUT2D eigenvalue weighted by Gasteiger charge is -2.39. The van der Waals surface area contributed by atoms with Crippen LogP contribution in [-0.2, 0) is 0 Å². The van der Waals surface area contributed by atoms with Gasteiger partial charge in [-0.25, -0.2) is 4.39 Å². The second-order valence-electron chi connectivity index (χ2n) is 12.9. The molecule has 0 radical (unpaired) electrons. The number of pyridine rings is 1. The number of hydrogen-bond acceptors (Lipinski definition) is 4. The van der Waals surface area contributed by atoms with Crippen LogP contribution in [-0.4, -0.2) is 65.6 Å². The highest BCUT2D eigenvalue weighted by Gasteiger charge is 2.51. The van der Waals surface area contributed by atoms with Crippen molar-refractivity contribution in [3.63, 3.8) is 0 Å². The van der Waals surface area contributed by atoms with E-state index < -0.39 is 0 Å². The first-order valence-electron chi connectivity index (χ1n) is 13.7. The maximum Gasteiger partial charge on any atom is 0.259 e. The molecule has 2 saturated carbocycles. The number of anilines is 1. The number of halogens is 1. The number of aromatic nitrogens is 1. The number of hydrogen-bond donors (Lipinski definition) is 0. The number of nitrogens with zero attached hydrogens (tertiary/aromatic N) is 4. The van der Waals surface area contributed by atoms with Crippen molar-refractivity contribution in [1.82, 2.24) is 14.4 Å². The molecule has 2 atom stereocenters. The van der Waals surface area contributed by atoms with Crippen LogP contribution in [0.5, 0.6) is 0 Å². The smallest absolute Gasteiger partial charge is 0.259 e. The molecule has 2 aromatic rings. The SMILES string of the molecule is CCN1CCN(c2cc3c(cc2F)c(=O)c(C(=O)N2C[C@@]4(C)C[C@H]2CC(C)(C)C4)cn3C2CC2)CC1. The second kappa shape index (κ2) is 8.30. The van der Waals surface area contributed by atoms with Crippen LogP contribution in [0.1, 0.15) is 76.2 Å². The zero-order chi connectivity index (χ0) is 25.4. The van der Waals surface area contributed by atoms with Gasteiger partial charge >= 0.3 is 0 Å². The Morgan fingerprint density at radius 3 is 2.44 bits per heavy atom. The van der Waals surface area contributed by atoms with Crippen LogP contribution < -0.4 is 10.3 Å². The van der Waals surface area contributed by atoms with E-state index in [1.54, 1.807) is 6.20 Å². The lowest BCUT2D eigenvalue weighted by atomic mass is 9.65. The minimum Gasteiger partial charge on any atom is -0.367 e. The number of piperazine rings is 1. The molecular weight excluding hydrogens is 455 g/mol. The number of fused-ring (bicyclic) bond motifs is 3. The van der Waals surface area contributed by atoms with Gasteiger partial charge in [0.2, 0.25) is 5.43 Å². The van der Waals surface area contributed by atoms with Gasteiger partial charge < -0.3 is 19.3 Å². The van der Waals surface area contributed by atoms with Gasteiger partial charge in [0.15, 0.2) is 0 Å². The fourth-order valence-electron chi connectivity index (χ4n) is 7.57. The molecule has 4 fully saturated rings. The fourth-order valence-corrected chi connectivity index (χ4v) is 7.57. The first kappa shape index (κ1) is 24.0. The zero-order valence-electron chi connectivity index (χ0n) is 22.1. The summed E-state index contributed by atoms with van der Waals surface area (Å²) in [6.45, 7) is 14.0. The van der Waals surface area contributed by atoms with E-state index in [1.165, 1.54) is 6.07 Å². The van der Waals surface area contributed by atoms with Crippen molar-refractivity contribution in [2.24, 2.45) is 10.8 Å². The minimum absolute atomic E-state index is 0.0945. The summed E-state index contributed by atoms with van der Waals surface area (Å²) in [5.41, 5.74) is 1.46. The molecule has 2 saturated heterocycles. The van der Waals surface area contributed by atoms with Gasteiger partial charge in [0.05, 0.1) is 11.2 Å². The van der Waals surface area contributed by atoms with Gasteiger partial charge in [-0.05, 0) is 61.6 Å². The van der Waals surface area contributed by atoms with E-state index in [1.807, 2.05) is 11.0 Å². The Balaban J connectivity index is 1.39. The Kier molecular flexibility index (Phi) is 5.52. The van der Waals surface area contributed by atoms with Crippen LogP contribution in [0.3, 0.4) is 0 Å². The molecule has 2 bridgehead atoms. The number of likely N-dealkylation sites (N-methyl/N-ethyl adjacent to an activating group) is 1. The molecule has 1 amide bonds. The van der Waals surface area contributed by atoms with E-state index in [-0.39, 0.29) is 45.6 Å². The molecule has 2 aliphatic carbocycles. The van der Waals surface area contributed by atoms with E-state index >= 15 is 4.39 Å². The number of benzene rings is 1. The molecule has 1 aromatic heterocycles. The molecule has 2 aliphatic heterocycles. The highest BCUT2D eigenvalue weighted by molar-refractivity contribution is 5.98. The van der Waals surface area contributed by atoms with Crippen molar-refractivity contribution in [2.75, 3.05) is 44.2 Å². The molecule has 6 rings (SSSR count). The van der Waals surface area contributed by atoms with Crippen molar-refractivity contribution in [3.8, 4) is 0 Å². The monoisotopic (exact) mass is 494 g/mol. The van der Waals surface area contributed by atoms with Crippen LogP contribution in [0.2, 0.25) is 0 Å². The lowest BCUT2D eigenvalue weighted by molar-refractivity contribution is 0.0706. The average Bonchev–Trinajstić information content (AvgIpc) is 3.63. The molecule has 194 valence electrons. The molecule has 0 unspecified atom stereocenters. The van der Waals surface area contributed by atoms with Crippen LogP contribution >= 0.6 is 0 Å². The Morgan fingerprint density at radius 2 is 1.78 bits per heavy atom. The quantitative estimate of drug-likeness (QED) is 0.621. The van der Waals surface area contributed by atoms with Crippen molar-refractivity contribution < 1.29 is 9.18 Å². The molecule has 6 nitrogen and oxygen atoms in total. The summed E-state index contributed by atoms with van der Waals surface area (Å²) < 4.78 is 17.5. The molecule has 0 spiro atoms. The number of likely N-dealkylation sites (tertiary alicyclic amines) is 1. The standard InChI is InChI=1S/C29H39FN4O2/c1-5-31-8-10-32(11-9-31)25-13-24-21(12-23(25)30)26(35)22(16-33(24)19-6-7-19)27(36)34-18-29(4)15-20(34)14-28(2,3)17-29/h12-13,16,19-20H,5-11,14-15,17-18H2,1-4H3/t20-,29+/m1/s1. The third-order valence-electron chi connectivity index (χ3n) is 9.11. The van der Waals surface area contributed by atoms with E-state index in [0.29, 0.717) is 17.6 Å². The van der Waals surface area contributed by atoms with E-state index in [4.69, 9.17) is 0 Å². The Hall–Kier alpha value is -2.41. The van der Waals surface area contributed by atoms with E-state index in [2.05, 4.69) is 42.1 Å². The summed E-state index contributed by atoms with van der Waals surface area (Å²) in [5.74, 6) is -0.550. The molecule has 4 aliphatic rings. The summed E-state index contributed by atoms with van der Waals surface area (Å²) in [4.78, 5) is 34.0. The van der Waals surface area contributed by atoms with Crippen molar-refractivity contribution in [3.05, 3.63) is 39.9 Å². The first-order chi connectivity index (χ1) is 17.1. The number of amides is 1. The number of carbonyl (C=O) groups excluding carboxylic acids is 1. The molecule has 1 aromatic carbocycles. The normalized spacial score (nSPS) is 28.2. The topological polar surface area (TPSA) is 48.8 Å². The van der Waals surface area contributed by atoms with Crippen molar-refractivity contribution >= 4 is 22.5 Å².